The van der Waals surface area contributed by atoms with Crippen molar-refractivity contribution in [3.05, 3.63) is 23.3 Å². The van der Waals surface area contributed by atoms with Gasteiger partial charge in [-0.1, -0.05) is 19.9 Å². The van der Waals surface area contributed by atoms with Crippen LogP contribution in [0.25, 0.3) is 0 Å². The molecule has 2 rings (SSSR count). The molecule has 0 aromatic rings. The van der Waals surface area contributed by atoms with Crippen LogP contribution in [-0.4, -0.2) is 28.1 Å². The molecule has 2 aliphatic carbocycles. The Morgan fingerprint density at radius 3 is 2.68 bits per heavy atom. The van der Waals surface area contributed by atoms with E-state index in [1.165, 1.54) is 13.0 Å². The zero-order chi connectivity index (χ0) is 14.4. The number of carboxylic acids is 1. The number of aliphatic carboxylic acids is 1. The van der Waals surface area contributed by atoms with Gasteiger partial charge in [0.1, 0.15) is 0 Å². The molecule has 2 N–H and O–H groups in total. The van der Waals surface area contributed by atoms with Gasteiger partial charge < -0.3 is 10.2 Å². The average Bonchev–Trinajstić information content (AvgIpc) is 2.35. The largest absolute Gasteiger partial charge is 0.481 e. The molecule has 1 fully saturated rings. The Bertz CT molecular complexity index is 488. The summed E-state index contributed by atoms with van der Waals surface area (Å²) in [6.45, 7) is 5.58. The van der Waals surface area contributed by atoms with Crippen molar-refractivity contribution in [1.82, 2.24) is 0 Å². The monoisotopic (exact) mass is 264 g/mol. The molecule has 1 unspecified atom stereocenters. The Labute approximate surface area is 112 Å². The van der Waals surface area contributed by atoms with Gasteiger partial charge in [0.05, 0.1) is 12.0 Å². The number of rotatable bonds is 2. The molecule has 4 nitrogen and oxygen atoms in total. The Hall–Kier alpha value is -1.42. The van der Waals surface area contributed by atoms with E-state index in [0.29, 0.717) is 12.0 Å². The van der Waals surface area contributed by atoms with E-state index in [-0.39, 0.29) is 11.7 Å². The van der Waals surface area contributed by atoms with Crippen LogP contribution in [0.3, 0.4) is 0 Å². The highest BCUT2D eigenvalue weighted by atomic mass is 16.4. The topological polar surface area (TPSA) is 74.6 Å². The second-order valence-corrected chi connectivity index (χ2v) is 5.90. The summed E-state index contributed by atoms with van der Waals surface area (Å²) in [5.41, 5.74) is 0.655. The molecule has 0 amide bonds. The number of hydrogen-bond donors (Lipinski definition) is 2. The lowest BCUT2D eigenvalue weighted by Gasteiger charge is -2.44. The Morgan fingerprint density at radius 2 is 2.11 bits per heavy atom. The molecule has 0 aromatic heterocycles. The average molecular weight is 264 g/mol. The van der Waals surface area contributed by atoms with Crippen LogP contribution in [0.4, 0.5) is 0 Å². The van der Waals surface area contributed by atoms with Crippen LogP contribution >= 0.6 is 0 Å². The van der Waals surface area contributed by atoms with Crippen LogP contribution in [-0.2, 0) is 9.59 Å². The summed E-state index contributed by atoms with van der Waals surface area (Å²) >= 11 is 0. The third kappa shape index (κ3) is 2.14. The van der Waals surface area contributed by atoms with Crippen molar-refractivity contribution >= 4 is 11.8 Å². The van der Waals surface area contributed by atoms with E-state index in [0.717, 1.165) is 12.0 Å². The zero-order valence-corrected chi connectivity index (χ0v) is 11.5. The van der Waals surface area contributed by atoms with E-state index in [4.69, 9.17) is 5.11 Å². The predicted molar refractivity (Wildman–Crippen MR) is 70.5 cm³/mol. The first kappa shape index (κ1) is 14.0. The summed E-state index contributed by atoms with van der Waals surface area (Å²) in [5.74, 6) is -1.81. The van der Waals surface area contributed by atoms with Crippen molar-refractivity contribution in [3.8, 4) is 0 Å². The highest BCUT2D eigenvalue weighted by Gasteiger charge is 2.44. The van der Waals surface area contributed by atoms with Crippen LogP contribution in [0.1, 0.15) is 33.6 Å². The van der Waals surface area contributed by atoms with Crippen LogP contribution in [0.15, 0.2) is 23.3 Å². The van der Waals surface area contributed by atoms with Gasteiger partial charge in [-0.2, -0.15) is 0 Å². The number of ketones is 1. The van der Waals surface area contributed by atoms with Gasteiger partial charge in [-0.25, -0.2) is 0 Å². The van der Waals surface area contributed by atoms with Gasteiger partial charge in [-0.15, -0.1) is 0 Å². The van der Waals surface area contributed by atoms with Crippen LogP contribution in [0.5, 0.6) is 0 Å². The van der Waals surface area contributed by atoms with E-state index in [1.807, 2.05) is 6.92 Å². The van der Waals surface area contributed by atoms with Gasteiger partial charge >= 0.3 is 5.97 Å². The van der Waals surface area contributed by atoms with Crippen molar-refractivity contribution in [2.24, 2.45) is 17.3 Å². The van der Waals surface area contributed by atoms with Crippen LogP contribution < -0.4 is 0 Å². The van der Waals surface area contributed by atoms with E-state index >= 15 is 0 Å². The van der Waals surface area contributed by atoms with Crippen LogP contribution in [0.2, 0.25) is 0 Å². The molecule has 0 aliphatic heterocycles. The van der Waals surface area contributed by atoms with Crippen molar-refractivity contribution < 1.29 is 19.8 Å². The summed E-state index contributed by atoms with van der Waals surface area (Å²) in [7, 11) is 0. The van der Waals surface area contributed by atoms with E-state index < -0.39 is 23.4 Å². The number of carbonyl (C=O) groups is 2. The Balaban J connectivity index is 2.47. The third-order valence-corrected chi connectivity index (χ3v) is 4.74. The maximum absolute atomic E-state index is 12.1. The number of carbonyl (C=O) groups excluding carboxylic acids is 1. The highest BCUT2D eigenvalue weighted by Crippen LogP contribution is 2.49. The quantitative estimate of drug-likeness (QED) is 0.799. The number of hydrogen-bond acceptors (Lipinski definition) is 3. The minimum absolute atomic E-state index is 0.282. The van der Waals surface area contributed by atoms with Crippen molar-refractivity contribution in [1.29, 1.82) is 0 Å². The van der Waals surface area contributed by atoms with Gasteiger partial charge in [-0.05, 0) is 37.3 Å². The molecular weight excluding hydrogens is 244 g/mol. The van der Waals surface area contributed by atoms with E-state index in [9.17, 15) is 14.7 Å². The molecule has 0 spiro atoms. The minimum atomic E-state index is -0.996. The standard InChI is InChI=1S/C15H20O4/c1-8-4-5-12(16)11-6-13(17)10(7-15(8,11)3)9(2)14(18)19/h6-9,12,16H,4-5H2,1-3H3,(H,18,19)/t8-,9?,12+,15+/m0/s1. The molecule has 0 heterocycles. The first-order valence-electron chi connectivity index (χ1n) is 6.67. The molecule has 0 aromatic carbocycles. The molecule has 19 heavy (non-hydrogen) atoms. The van der Waals surface area contributed by atoms with Gasteiger partial charge in [0.25, 0.3) is 0 Å². The van der Waals surface area contributed by atoms with Gasteiger partial charge in [0, 0.05) is 11.0 Å². The Morgan fingerprint density at radius 1 is 1.47 bits per heavy atom. The molecule has 0 bridgehead atoms. The second kappa shape index (κ2) is 4.60. The maximum Gasteiger partial charge on any atom is 0.310 e. The number of aliphatic hydroxyl groups is 1. The molecule has 2 aliphatic rings. The van der Waals surface area contributed by atoms with Crippen molar-refractivity contribution in [2.45, 2.75) is 39.7 Å². The summed E-state index contributed by atoms with van der Waals surface area (Å²) in [4.78, 5) is 23.2. The smallest absolute Gasteiger partial charge is 0.310 e. The molecule has 4 atom stereocenters. The number of allylic oxidation sites excluding steroid dienone is 2. The molecule has 104 valence electrons. The second-order valence-electron chi connectivity index (χ2n) is 5.90. The first-order chi connectivity index (χ1) is 8.77. The van der Waals surface area contributed by atoms with E-state index in [1.54, 1.807) is 6.08 Å². The van der Waals surface area contributed by atoms with Gasteiger partial charge in [-0.3, -0.25) is 9.59 Å². The maximum atomic E-state index is 12.1. The molecule has 1 saturated carbocycles. The fraction of sp³-hybridized carbons (Fsp3) is 0.600. The summed E-state index contributed by atoms with van der Waals surface area (Å²) in [5, 5.41) is 19.2. The minimum Gasteiger partial charge on any atom is -0.481 e. The molecule has 4 heteroatoms. The lowest BCUT2D eigenvalue weighted by molar-refractivity contribution is -0.140. The number of carboxylic acid groups (broad SMARTS) is 1. The highest BCUT2D eigenvalue weighted by molar-refractivity contribution is 6.08. The van der Waals surface area contributed by atoms with E-state index in [2.05, 4.69) is 6.92 Å². The van der Waals surface area contributed by atoms with Crippen molar-refractivity contribution in [3.63, 3.8) is 0 Å². The lowest BCUT2D eigenvalue weighted by atomic mass is 9.60. The molecular formula is C15H20O4. The number of aliphatic hydroxyl groups excluding tert-OH is 1. The fourth-order valence-electron chi connectivity index (χ4n) is 3.07. The normalized spacial score (nSPS) is 36.1. The zero-order valence-electron chi connectivity index (χ0n) is 11.5. The lowest BCUT2D eigenvalue weighted by Crippen LogP contribution is -2.41. The van der Waals surface area contributed by atoms with Gasteiger partial charge in [0.2, 0.25) is 0 Å². The van der Waals surface area contributed by atoms with Crippen molar-refractivity contribution in [2.75, 3.05) is 0 Å². The first-order valence-corrected chi connectivity index (χ1v) is 6.67. The summed E-state index contributed by atoms with van der Waals surface area (Å²) < 4.78 is 0. The third-order valence-electron chi connectivity index (χ3n) is 4.74. The summed E-state index contributed by atoms with van der Waals surface area (Å²) in [6, 6.07) is 0. The number of fused-ring (bicyclic) bond motifs is 1. The van der Waals surface area contributed by atoms with Crippen LogP contribution in [0, 0.1) is 17.3 Å². The molecule has 0 radical (unpaired) electrons. The Kier molecular flexibility index (Phi) is 3.39. The summed E-state index contributed by atoms with van der Waals surface area (Å²) in [6.07, 6.45) is 4.16. The SMILES string of the molecule is CC(C(=O)O)C1=C[C@@]2(C)C(=CC1=O)[C@H](O)CC[C@@H]2C. The van der Waals surface area contributed by atoms with Gasteiger partial charge in [0.15, 0.2) is 5.78 Å². The predicted octanol–water partition coefficient (Wildman–Crippen LogP) is 1.94. The molecule has 0 saturated heterocycles. The fourth-order valence-corrected chi connectivity index (χ4v) is 3.07.